The molecule has 0 spiro atoms. The summed E-state index contributed by atoms with van der Waals surface area (Å²) in [6, 6.07) is 9.58. The van der Waals surface area contributed by atoms with Gasteiger partial charge in [0.2, 0.25) is 0 Å². The van der Waals surface area contributed by atoms with Gasteiger partial charge >= 0.3 is 12.1 Å². The maximum absolute atomic E-state index is 11.8. The molecule has 0 aliphatic heterocycles. The van der Waals surface area contributed by atoms with Crippen molar-refractivity contribution in [1.29, 1.82) is 0 Å². The van der Waals surface area contributed by atoms with Crippen LogP contribution >= 0.6 is 0 Å². The molecule has 0 saturated heterocycles. The Hall–Kier alpha value is -2.04. The molecule has 5 nitrogen and oxygen atoms in total. The van der Waals surface area contributed by atoms with Crippen LogP contribution in [0.25, 0.3) is 0 Å². The number of rotatable bonds is 6. The number of carbonyl (C=O) groups is 2. The van der Waals surface area contributed by atoms with E-state index < -0.39 is 11.7 Å². The molecule has 0 saturated carbocycles. The third-order valence-corrected chi connectivity index (χ3v) is 2.88. The van der Waals surface area contributed by atoms with Crippen molar-refractivity contribution >= 4 is 12.1 Å². The van der Waals surface area contributed by atoms with E-state index in [9.17, 15) is 9.59 Å². The molecule has 1 aromatic carbocycles. The zero-order valence-corrected chi connectivity index (χ0v) is 13.7. The van der Waals surface area contributed by atoms with Gasteiger partial charge in [0.15, 0.2) is 0 Å². The highest BCUT2D eigenvalue weighted by atomic mass is 16.6. The summed E-state index contributed by atoms with van der Waals surface area (Å²) < 4.78 is 10.2. The normalized spacial score (nSPS) is 12.4. The number of ether oxygens (including phenoxy) is 2. The van der Waals surface area contributed by atoms with Crippen LogP contribution in [-0.4, -0.2) is 30.8 Å². The molecular formula is C17H25NO4. The minimum atomic E-state index is -0.548. The standard InChI is InChI=1S/C17H25NO4/c1-5-21-15(19)11-14(13-9-7-6-8-10-13)12-18-16(20)22-17(2,3)4/h6-10,14H,5,11-12H2,1-4H3,(H,18,20). The molecule has 0 aromatic heterocycles. The molecule has 1 N–H and O–H groups in total. The van der Waals surface area contributed by atoms with Crippen molar-refractivity contribution in [2.45, 2.75) is 45.6 Å². The van der Waals surface area contributed by atoms with Gasteiger partial charge < -0.3 is 14.8 Å². The first kappa shape index (κ1) is 18.0. The Morgan fingerprint density at radius 3 is 2.36 bits per heavy atom. The summed E-state index contributed by atoms with van der Waals surface area (Å²) in [4.78, 5) is 23.5. The first-order valence-electron chi connectivity index (χ1n) is 7.49. The smallest absolute Gasteiger partial charge is 0.407 e. The lowest BCUT2D eigenvalue weighted by Crippen LogP contribution is -2.35. The maximum Gasteiger partial charge on any atom is 0.407 e. The van der Waals surface area contributed by atoms with Gasteiger partial charge in [0, 0.05) is 12.5 Å². The monoisotopic (exact) mass is 307 g/mol. The lowest BCUT2D eigenvalue weighted by atomic mass is 9.96. The molecule has 1 amide bonds. The van der Waals surface area contributed by atoms with Crippen molar-refractivity contribution in [2.24, 2.45) is 0 Å². The molecule has 1 aromatic rings. The number of hydrogen-bond acceptors (Lipinski definition) is 4. The molecule has 1 unspecified atom stereocenters. The van der Waals surface area contributed by atoms with Crippen LogP contribution in [-0.2, 0) is 14.3 Å². The molecule has 0 aliphatic carbocycles. The molecule has 5 heteroatoms. The molecule has 0 fully saturated rings. The fraction of sp³-hybridized carbons (Fsp3) is 0.529. The lowest BCUT2D eigenvalue weighted by molar-refractivity contribution is -0.143. The molecule has 0 aliphatic rings. The zero-order valence-electron chi connectivity index (χ0n) is 13.7. The first-order chi connectivity index (χ1) is 10.3. The van der Waals surface area contributed by atoms with Crippen molar-refractivity contribution in [2.75, 3.05) is 13.2 Å². The topological polar surface area (TPSA) is 64.6 Å². The highest BCUT2D eigenvalue weighted by Crippen LogP contribution is 2.19. The van der Waals surface area contributed by atoms with Crippen LogP contribution in [0.15, 0.2) is 30.3 Å². The van der Waals surface area contributed by atoms with Crippen LogP contribution in [0.5, 0.6) is 0 Å². The van der Waals surface area contributed by atoms with Gasteiger partial charge in [0.1, 0.15) is 5.60 Å². The van der Waals surface area contributed by atoms with E-state index >= 15 is 0 Å². The summed E-state index contributed by atoms with van der Waals surface area (Å²) in [6.07, 6.45) is -0.273. The average Bonchev–Trinajstić information content (AvgIpc) is 2.43. The first-order valence-corrected chi connectivity index (χ1v) is 7.49. The fourth-order valence-electron chi connectivity index (χ4n) is 1.97. The number of nitrogens with one attached hydrogen (secondary N) is 1. The average molecular weight is 307 g/mol. The molecular weight excluding hydrogens is 282 g/mol. The summed E-state index contributed by atoms with van der Waals surface area (Å²) in [5, 5.41) is 2.72. The van der Waals surface area contributed by atoms with Crippen LogP contribution in [0.1, 0.15) is 45.6 Å². The van der Waals surface area contributed by atoms with E-state index in [1.165, 1.54) is 0 Å². The Morgan fingerprint density at radius 1 is 1.18 bits per heavy atom. The molecule has 1 rings (SSSR count). The summed E-state index contributed by atoms with van der Waals surface area (Å²) in [7, 11) is 0. The van der Waals surface area contributed by atoms with E-state index in [4.69, 9.17) is 9.47 Å². The van der Waals surface area contributed by atoms with E-state index in [0.29, 0.717) is 13.2 Å². The Morgan fingerprint density at radius 2 is 1.82 bits per heavy atom. The van der Waals surface area contributed by atoms with E-state index in [-0.39, 0.29) is 18.3 Å². The van der Waals surface area contributed by atoms with Crippen molar-refractivity contribution in [3.8, 4) is 0 Å². The summed E-state index contributed by atoms with van der Waals surface area (Å²) in [5.74, 6) is -0.421. The molecule has 0 radical (unpaired) electrons. The predicted molar refractivity (Wildman–Crippen MR) is 84.7 cm³/mol. The number of alkyl carbamates (subject to hydrolysis) is 1. The van der Waals surface area contributed by atoms with Crippen molar-refractivity contribution < 1.29 is 19.1 Å². The highest BCUT2D eigenvalue weighted by molar-refractivity contribution is 5.71. The third-order valence-electron chi connectivity index (χ3n) is 2.88. The Bertz CT molecular complexity index is 479. The Labute approximate surface area is 132 Å². The van der Waals surface area contributed by atoms with E-state index in [1.807, 2.05) is 30.3 Å². The summed E-state index contributed by atoms with van der Waals surface area (Å²) in [6.45, 7) is 7.85. The summed E-state index contributed by atoms with van der Waals surface area (Å²) >= 11 is 0. The lowest BCUT2D eigenvalue weighted by Gasteiger charge is -2.22. The maximum atomic E-state index is 11.8. The van der Waals surface area contributed by atoms with Gasteiger partial charge in [-0.25, -0.2) is 4.79 Å². The quantitative estimate of drug-likeness (QED) is 0.819. The van der Waals surface area contributed by atoms with Crippen LogP contribution in [0.3, 0.4) is 0 Å². The summed E-state index contributed by atoms with van der Waals surface area (Å²) in [5.41, 5.74) is 0.430. The second-order valence-corrected chi connectivity index (χ2v) is 6.00. The molecule has 0 heterocycles. The number of amides is 1. The van der Waals surface area contributed by atoms with E-state index in [1.54, 1.807) is 27.7 Å². The van der Waals surface area contributed by atoms with Crippen LogP contribution in [0.2, 0.25) is 0 Å². The Balaban J connectivity index is 2.66. The molecule has 0 bridgehead atoms. The zero-order chi connectivity index (χ0) is 16.6. The number of carbonyl (C=O) groups excluding carboxylic acids is 2. The SMILES string of the molecule is CCOC(=O)CC(CNC(=O)OC(C)(C)C)c1ccccc1. The molecule has 1 atom stereocenters. The fourth-order valence-corrected chi connectivity index (χ4v) is 1.97. The number of hydrogen-bond donors (Lipinski definition) is 1. The van der Waals surface area contributed by atoms with Gasteiger partial charge in [-0.2, -0.15) is 0 Å². The third kappa shape index (κ3) is 7.11. The van der Waals surface area contributed by atoms with Gasteiger partial charge in [-0.3, -0.25) is 4.79 Å². The van der Waals surface area contributed by atoms with E-state index in [0.717, 1.165) is 5.56 Å². The van der Waals surface area contributed by atoms with Gasteiger partial charge in [0.25, 0.3) is 0 Å². The van der Waals surface area contributed by atoms with Gasteiger partial charge in [-0.05, 0) is 33.3 Å². The van der Waals surface area contributed by atoms with Gasteiger partial charge in [-0.1, -0.05) is 30.3 Å². The van der Waals surface area contributed by atoms with Crippen molar-refractivity contribution in [1.82, 2.24) is 5.32 Å². The van der Waals surface area contributed by atoms with Gasteiger partial charge in [-0.15, -0.1) is 0 Å². The predicted octanol–water partition coefficient (Wildman–Crippen LogP) is 3.25. The largest absolute Gasteiger partial charge is 0.466 e. The van der Waals surface area contributed by atoms with Crippen LogP contribution < -0.4 is 5.32 Å². The second-order valence-electron chi connectivity index (χ2n) is 6.00. The van der Waals surface area contributed by atoms with Crippen LogP contribution in [0, 0.1) is 0 Å². The number of esters is 1. The minimum Gasteiger partial charge on any atom is -0.466 e. The molecule has 22 heavy (non-hydrogen) atoms. The molecule has 122 valence electrons. The highest BCUT2D eigenvalue weighted by Gasteiger charge is 2.20. The van der Waals surface area contributed by atoms with E-state index in [2.05, 4.69) is 5.32 Å². The minimum absolute atomic E-state index is 0.146. The van der Waals surface area contributed by atoms with Gasteiger partial charge in [0.05, 0.1) is 13.0 Å². The second kappa shape index (κ2) is 8.41. The van der Waals surface area contributed by atoms with Crippen molar-refractivity contribution in [3.63, 3.8) is 0 Å². The Kier molecular flexibility index (Phi) is 6.89. The van der Waals surface area contributed by atoms with Crippen LogP contribution in [0.4, 0.5) is 4.79 Å². The van der Waals surface area contributed by atoms with Crippen molar-refractivity contribution in [3.05, 3.63) is 35.9 Å². The number of benzene rings is 1.